The molecule has 0 aliphatic rings. The fourth-order valence-corrected chi connectivity index (χ4v) is 3.47. The van der Waals surface area contributed by atoms with E-state index in [-0.39, 0.29) is 43.0 Å². The molecule has 0 N–H and O–H groups in total. The fraction of sp³-hybridized carbons (Fsp3) is 0.133. The Labute approximate surface area is 152 Å². The van der Waals surface area contributed by atoms with Gasteiger partial charge in [0.25, 0.3) is 0 Å². The largest absolute Gasteiger partial charge is 0.289 e. The highest BCUT2D eigenvalue weighted by molar-refractivity contribution is 9.08. The second-order valence-electron chi connectivity index (χ2n) is 4.37. The number of alkyl halides is 2. The lowest BCUT2D eigenvalue weighted by Gasteiger charge is -2.12. The highest BCUT2D eigenvalue weighted by atomic mass is 79.9. The summed E-state index contributed by atoms with van der Waals surface area (Å²) in [5.41, 5.74) is 0.521. The van der Waals surface area contributed by atoms with Crippen LogP contribution in [0.2, 0.25) is 10.0 Å². The van der Waals surface area contributed by atoms with Gasteiger partial charge in [-0.25, -0.2) is 8.78 Å². The minimum Gasteiger partial charge on any atom is -0.289 e. The first-order chi connectivity index (χ1) is 10.4. The Balaban J connectivity index is 2.64. The molecule has 0 bridgehead atoms. The van der Waals surface area contributed by atoms with E-state index in [4.69, 9.17) is 23.2 Å². The molecule has 0 spiro atoms. The van der Waals surface area contributed by atoms with Gasteiger partial charge >= 0.3 is 0 Å². The lowest BCUT2D eigenvalue weighted by atomic mass is 9.95. The van der Waals surface area contributed by atoms with Crippen molar-refractivity contribution >= 4 is 60.8 Å². The summed E-state index contributed by atoms with van der Waals surface area (Å²) in [6.07, 6.45) is 0. The van der Waals surface area contributed by atoms with E-state index in [1.807, 2.05) is 0 Å². The average molecular weight is 473 g/mol. The first kappa shape index (κ1) is 17.9. The number of halogens is 6. The van der Waals surface area contributed by atoms with Crippen molar-refractivity contribution in [2.75, 3.05) is 0 Å². The third-order valence-corrected chi connectivity index (χ3v) is 4.85. The summed E-state index contributed by atoms with van der Waals surface area (Å²) in [5.74, 6) is -1.83. The number of carbonyl (C=O) groups excluding carboxylic acids is 1. The third kappa shape index (κ3) is 3.23. The number of hydrogen-bond acceptors (Lipinski definition) is 1. The van der Waals surface area contributed by atoms with Crippen molar-refractivity contribution in [2.24, 2.45) is 0 Å². The van der Waals surface area contributed by atoms with E-state index in [0.29, 0.717) is 0 Å². The predicted molar refractivity (Wildman–Crippen MR) is 91.5 cm³/mol. The SMILES string of the molecule is O=C(c1ccc(Cl)c(F)c1CBr)c1ccc(Cl)c(F)c1CBr. The van der Waals surface area contributed by atoms with E-state index < -0.39 is 17.4 Å². The molecule has 0 aromatic heterocycles. The third-order valence-electron chi connectivity index (χ3n) is 3.15. The zero-order chi connectivity index (χ0) is 16.4. The van der Waals surface area contributed by atoms with Gasteiger partial charge in [0.15, 0.2) is 5.78 Å². The highest BCUT2D eigenvalue weighted by Gasteiger charge is 2.22. The van der Waals surface area contributed by atoms with Gasteiger partial charge in [0.2, 0.25) is 0 Å². The fourth-order valence-electron chi connectivity index (χ4n) is 2.02. The monoisotopic (exact) mass is 470 g/mol. The second kappa shape index (κ2) is 7.39. The predicted octanol–water partition coefficient (Wildman–Crippen LogP) is 6.29. The van der Waals surface area contributed by atoms with Crippen LogP contribution in [-0.2, 0) is 10.7 Å². The maximum Gasteiger partial charge on any atom is 0.193 e. The van der Waals surface area contributed by atoms with Gasteiger partial charge in [-0.3, -0.25) is 4.79 Å². The molecule has 2 aromatic rings. The topological polar surface area (TPSA) is 17.1 Å². The van der Waals surface area contributed by atoms with E-state index in [2.05, 4.69) is 31.9 Å². The molecule has 0 unspecified atom stereocenters. The summed E-state index contributed by atoms with van der Waals surface area (Å²) in [6, 6.07) is 5.45. The van der Waals surface area contributed by atoms with Gasteiger partial charge in [-0.15, -0.1) is 0 Å². The molecule has 116 valence electrons. The minimum atomic E-state index is -0.667. The average Bonchev–Trinajstić information content (AvgIpc) is 2.51. The summed E-state index contributed by atoms with van der Waals surface area (Å²) >= 11 is 17.7. The van der Waals surface area contributed by atoms with Crippen LogP contribution in [0, 0.1) is 11.6 Å². The molecule has 0 aliphatic carbocycles. The molecule has 2 rings (SSSR count). The number of ketones is 1. The van der Waals surface area contributed by atoms with Gasteiger partial charge in [-0.2, -0.15) is 0 Å². The van der Waals surface area contributed by atoms with Gasteiger partial charge < -0.3 is 0 Å². The number of benzene rings is 2. The molecule has 0 atom stereocenters. The van der Waals surface area contributed by atoms with Gasteiger partial charge in [0, 0.05) is 32.9 Å². The normalized spacial score (nSPS) is 10.8. The maximum atomic E-state index is 14.0. The number of carbonyl (C=O) groups is 1. The minimum absolute atomic E-state index is 0.0750. The number of hydrogen-bond donors (Lipinski definition) is 0. The van der Waals surface area contributed by atoms with Gasteiger partial charge in [0.1, 0.15) is 11.6 Å². The molecule has 0 saturated heterocycles. The van der Waals surface area contributed by atoms with Crippen LogP contribution in [0.25, 0.3) is 0 Å². The Kier molecular flexibility index (Phi) is 6.00. The summed E-state index contributed by atoms with van der Waals surface area (Å²) in [4.78, 5) is 12.7. The molecule has 22 heavy (non-hydrogen) atoms. The van der Waals surface area contributed by atoms with Crippen molar-refractivity contribution in [3.8, 4) is 0 Å². The standard InChI is InChI=1S/C15H8Br2Cl2F2O/c16-5-9-7(1-3-11(18)13(9)20)15(22)8-2-4-12(19)14(21)10(8)6-17/h1-4H,5-6H2. The molecule has 0 fully saturated rings. The van der Waals surface area contributed by atoms with Crippen LogP contribution in [0.15, 0.2) is 24.3 Å². The molecule has 0 radical (unpaired) electrons. The summed E-state index contributed by atoms with van der Waals surface area (Å²) in [6.45, 7) is 0. The Morgan fingerprint density at radius 3 is 1.55 bits per heavy atom. The van der Waals surface area contributed by atoms with Crippen LogP contribution in [0.5, 0.6) is 0 Å². The van der Waals surface area contributed by atoms with E-state index >= 15 is 0 Å². The molecule has 7 heteroatoms. The molecular formula is C15H8Br2Cl2F2O. The first-order valence-corrected chi connectivity index (χ1v) is 9.02. The molecule has 0 saturated carbocycles. The summed E-state index contributed by atoms with van der Waals surface area (Å²) in [7, 11) is 0. The zero-order valence-electron chi connectivity index (χ0n) is 10.9. The van der Waals surface area contributed by atoms with Crippen molar-refractivity contribution in [3.05, 3.63) is 68.2 Å². The van der Waals surface area contributed by atoms with E-state index in [1.165, 1.54) is 24.3 Å². The zero-order valence-corrected chi connectivity index (χ0v) is 15.6. The molecule has 0 amide bonds. The van der Waals surface area contributed by atoms with E-state index in [9.17, 15) is 13.6 Å². The Bertz CT molecular complexity index is 689. The van der Waals surface area contributed by atoms with Gasteiger partial charge in [-0.05, 0) is 24.3 Å². The lowest BCUT2D eigenvalue weighted by Crippen LogP contribution is -2.10. The van der Waals surface area contributed by atoms with Crippen LogP contribution in [0.1, 0.15) is 27.0 Å². The summed E-state index contributed by atoms with van der Waals surface area (Å²) < 4.78 is 28.1. The van der Waals surface area contributed by atoms with Crippen molar-refractivity contribution in [3.63, 3.8) is 0 Å². The van der Waals surface area contributed by atoms with Gasteiger partial charge in [-0.1, -0.05) is 55.1 Å². The number of rotatable bonds is 4. The quantitative estimate of drug-likeness (QED) is 0.377. The molecule has 0 heterocycles. The first-order valence-electron chi connectivity index (χ1n) is 6.02. The van der Waals surface area contributed by atoms with Crippen LogP contribution in [0.3, 0.4) is 0 Å². The van der Waals surface area contributed by atoms with Crippen molar-refractivity contribution in [1.82, 2.24) is 0 Å². The van der Waals surface area contributed by atoms with Gasteiger partial charge in [0.05, 0.1) is 10.0 Å². The van der Waals surface area contributed by atoms with E-state index in [1.54, 1.807) is 0 Å². The summed E-state index contributed by atoms with van der Waals surface area (Å²) in [5, 5.41) is 0.0726. The van der Waals surface area contributed by atoms with Crippen LogP contribution in [0.4, 0.5) is 8.78 Å². The Morgan fingerprint density at radius 2 is 1.23 bits per heavy atom. The van der Waals surface area contributed by atoms with E-state index in [0.717, 1.165) is 0 Å². The molecule has 1 nitrogen and oxygen atoms in total. The van der Waals surface area contributed by atoms with Crippen molar-refractivity contribution in [1.29, 1.82) is 0 Å². The smallest absolute Gasteiger partial charge is 0.193 e. The molecule has 0 aliphatic heterocycles. The highest BCUT2D eigenvalue weighted by Crippen LogP contribution is 2.29. The van der Waals surface area contributed by atoms with Crippen LogP contribution >= 0.6 is 55.1 Å². The Morgan fingerprint density at radius 1 is 0.864 bits per heavy atom. The second-order valence-corrected chi connectivity index (χ2v) is 6.31. The van der Waals surface area contributed by atoms with Crippen molar-refractivity contribution in [2.45, 2.75) is 10.7 Å². The molecule has 2 aromatic carbocycles. The van der Waals surface area contributed by atoms with Crippen molar-refractivity contribution < 1.29 is 13.6 Å². The molecular weight excluding hydrogens is 465 g/mol. The van der Waals surface area contributed by atoms with Crippen LogP contribution in [-0.4, -0.2) is 5.78 Å². The van der Waals surface area contributed by atoms with Crippen LogP contribution < -0.4 is 0 Å². The lowest BCUT2D eigenvalue weighted by molar-refractivity contribution is 0.103. The maximum absolute atomic E-state index is 14.0. The Hall–Kier alpha value is -0.490.